The Labute approximate surface area is 162 Å². The molecule has 1 heterocycles. The summed E-state index contributed by atoms with van der Waals surface area (Å²) < 4.78 is 1.31. The van der Waals surface area contributed by atoms with Crippen LogP contribution in [0.25, 0.3) is 0 Å². The highest BCUT2D eigenvalue weighted by Gasteiger charge is 2.09. The molecular weight excluding hydrogens is 358 g/mol. The second-order valence-corrected chi connectivity index (χ2v) is 7.14. The average Bonchev–Trinajstić information content (AvgIpc) is 2.71. The molecular formula is C21H21N3O2S. The number of carbonyl (C=O) groups excluding carboxylic acids is 1. The van der Waals surface area contributed by atoms with Crippen molar-refractivity contribution in [1.82, 2.24) is 15.1 Å². The molecule has 0 radical (unpaired) electrons. The summed E-state index contributed by atoms with van der Waals surface area (Å²) in [6.45, 7) is 0.909. The molecule has 138 valence electrons. The summed E-state index contributed by atoms with van der Waals surface area (Å²) in [7, 11) is 0. The van der Waals surface area contributed by atoms with Gasteiger partial charge in [0, 0.05) is 17.5 Å². The zero-order chi connectivity index (χ0) is 18.9. The number of amides is 1. The topological polar surface area (TPSA) is 64.0 Å². The Bertz CT molecular complexity index is 927. The molecule has 0 aliphatic carbocycles. The van der Waals surface area contributed by atoms with E-state index in [9.17, 15) is 9.59 Å². The number of thioether (sulfide) groups is 1. The highest BCUT2D eigenvalue weighted by Crippen LogP contribution is 2.17. The number of nitrogens with one attached hydrogen (secondary N) is 1. The molecule has 0 fully saturated rings. The number of nitrogens with zero attached hydrogens (tertiary/aromatic N) is 2. The van der Waals surface area contributed by atoms with Crippen LogP contribution in [-0.4, -0.2) is 28.0 Å². The molecule has 0 aliphatic heterocycles. The molecule has 1 amide bonds. The normalized spacial score (nSPS) is 10.5. The first-order valence-corrected chi connectivity index (χ1v) is 9.79. The first kappa shape index (κ1) is 18.9. The summed E-state index contributed by atoms with van der Waals surface area (Å²) in [5, 5.41) is 7.07. The fourth-order valence-corrected chi connectivity index (χ4v) is 3.39. The second kappa shape index (κ2) is 9.73. The zero-order valence-electron chi connectivity index (χ0n) is 14.9. The van der Waals surface area contributed by atoms with E-state index < -0.39 is 0 Å². The van der Waals surface area contributed by atoms with Crippen LogP contribution in [0.2, 0.25) is 0 Å². The van der Waals surface area contributed by atoms with Gasteiger partial charge in [0.2, 0.25) is 0 Å². The van der Waals surface area contributed by atoms with Crippen LogP contribution in [0.15, 0.2) is 82.5 Å². The van der Waals surface area contributed by atoms with Gasteiger partial charge in [0.05, 0.1) is 6.54 Å². The van der Waals surface area contributed by atoms with Crippen molar-refractivity contribution in [2.45, 2.75) is 17.9 Å². The van der Waals surface area contributed by atoms with E-state index in [0.717, 1.165) is 17.7 Å². The van der Waals surface area contributed by atoms with Crippen molar-refractivity contribution in [2.24, 2.45) is 0 Å². The fourth-order valence-electron chi connectivity index (χ4n) is 2.51. The number of aromatic nitrogens is 2. The van der Waals surface area contributed by atoms with Gasteiger partial charge in [-0.15, -0.1) is 11.8 Å². The number of hydrogen-bond donors (Lipinski definition) is 1. The van der Waals surface area contributed by atoms with Crippen molar-refractivity contribution in [3.63, 3.8) is 0 Å². The van der Waals surface area contributed by atoms with Gasteiger partial charge in [0.25, 0.3) is 11.5 Å². The maximum absolute atomic E-state index is 12.3. The minimum atomic E-state index is -0.262. The van der Waals surface area contributed by atoms with Crippen LogP contribution in [0.5, 0.6) is 0 Å². The lowest BCUT2D eigenvalue weighted by Gasteiger charge is -2.08. The summed E-state index contributed by atoms with van der Waals surface area (Å²) in [4.78, 5) is 25.5. The monoisotopic (exact) mass is 379 g/mol. The summed E-state index contributed by atoms with van der Waals surface area (Å²) in [5.41, 5.74) is 0.985. The van der Waals surface area contributed by atoms with Crippen molar-refractivity contribution < 1.29 is 4.79 Å². The van der Waals surface area contributed by atoms with Crippen LogP contribution in [0.3, 0.4) is 0 Å². The standard InChI is InChI=1S/C21H21N3O2S/c25-20-13-12-19(23-24(20)16-17-8-3-1-4-9-17)21(26)22-14-7-15-27-18-10-5-2-6-11-18/h1-6,8-13H,7,14-16H2,(H,22,26). The van der Waals surface area contributed by atoms with Crippen LogP contribution in [-0.2, 0) is 6.54 Å². The highest BCUT2D eigenvalue weighted by atomic mass is 32.2. The summed E-state index contributed by atoms with van der Waals surface area (Å²) in [6, 6.07) is 22.6. The number of rotatable bonds is 8. The maximum atomic E-state index is 12.3. The van der Waals surface area contributed by atoms with Crippen LogP contribution < -0.4 is 10.9 Å². The largest absolute Gasteiger partial charge is 0.351 e. The van der Waals surface area contributed by atoms with Crippen molar-refractivity contribution in [1.29, 1.82) is 0 Å². The summed E-state index contributed by atoms with van der Waals surface area (Å²) >= 11 is 1.76. The Hall–Kier alpha value is -2.86. The predicted molar refractivity (Wildman–Crippen MR) is 108 cm³/mol. The third-order valence-electron chi connectivity index (χ3n) is 3.89. The molecule has 3 aromatic rings. The van der Waals surface area contributed by atoms with Gasteiger partial charge >= 0.3 is 0 Å². The van der Waals surface area contributed by atoms with E-state index in [1.165, 1.54) is 21.7 Å². The van der Waals surface area contributed by atoms with E-state index in [-0.39, 0.29) is 17.2 Å². The lowest BCUT2D eigenvalue weighted by Crippen LogP contribution is -2.30. The third kappa shape index (κ3) is 5.82. The first-order chi connectivity index (χ1) is 13.2. The molecule has 0 aliphatic rings. The molecule has 1 N–H and O–H groups in total. The minimum Gasteiger partial charge on any atom is -0.351 e. The lowest BCUT2D eigenvalue weighted by molar-refractivity contribution is 0.0946. The van der Waals surface area contributed by atoms with Crippen LogP contribution in [0, 0.1) is 0 Å². The van der Waals surface area contributed by atoms with Crippen molar-refractivity contribution in [2.75, 3.05) is 12.3 Å². The van der Waals surface area contributed by atoms with E-state index in [1.807, 2.05) is 48.5 Å². The summed E-state index contributed by atoms with van der Waals surface area (Å²) in [5.74, 6) is 0.659. The van der Waals surface area contributed by atoms with Gasteiger partial charge in [0.15, 0.2) is 0 Å². The van der Waals surface area contributed by atoms with E-state index in [1.54, 1.807) is 11.8 Å². The van der Waals surface area contributed by atoms with Gasteiger partial charge in [-0.25, -0.2) is 4.68 Å². The Morgan fingerprint density at radius 2 is 1.67 bits per heavy atom. The Kier molecular flexibility index (Phi) is 6.82. The molecule has 0 atom stereocenters. The van der Waals surface area contributed by atoms with Crippen molar-refractivity contribution in [3.05, 3.63) is 94.4 Å². The maximum Gasteiger partial charge on any atom is 0.271 e. The molecule has 27 heavy (non-hydrogen) atoms. The molecule has 5 nitrogen and oxygen atoms in total. The molecule has 3 rings (SSSR count). The highest BCUT2D eigenvalue weighted by molar-refractivity contribution is 7.99. The molecule has 2 aromatic carbocycles. The molecule has 0 saturated heterocycles. The third-order valence-corrected chi connectivity index (χ3v) is 4.99. The Balaban J connectivity index is 1.51. The van der Waals surface area contributed by atoms with Crippen molar-refractivity contribution in [3.8, 4) is 0 Å². The second-order valence-electron chi connectivity index (χ2n) is 5.97. The van der Waals surface area contributed by atoms with Gasteiger partial charge in [-0.3, -0.25) is 9.59 Å². The first-order valence-electron chi connectivity index (χ1n) is 8.80. The Morgan fingerprint density at radius 1 is 0.963 bits per heavy atom. The van der Waals surface area contributed by atoms with Crippen LogP contribution in [0.4, 0.5) is 0 Å². The average molecular weight is 379 g/mol. The van der Waals surface area contributed by atoms with Gasteiger partial charge in [-0.1, -0.05) is 48.5 Å². The van der Waals surface area contributed by atoms with Gasteiger partial charge in [0.1, 0.15) is 5.69 Å². The summed E-state index contributed by atoms with van der Waals surface area (Å²) in [6.07, 6.45) is 0.856. The Morgan fingerprint density at radius 3 is 2.41 bits per heavy atom. The van der Waals surface area contributed by atoms with Crippen molar-refractivity contribution >= 4 is 17.7 Å². The molecule has 0 spiro atoms. The van der Waals surface area contributed by atoms with E-state index in [4.69, 9.17) is 0 Å². The smallest absolute Gasteiger partial charge is 0.271 e. The van der Waals surface area contributed by atoms with E-state index in [2.05, 4.69) is 22.5 Å². The van der Waals surface area contributed by atoms with E-state index in [0.29, 0.717) is 13.1 Å². The SMILES string of the molecule is O=C(NCCCSc1ccccc1)c1ccc(=O)n(Cc2ccccc2)n1. The van der Waals surface area contributed by atoms with Crippen LogP contribution in [0.1, 0.15) is 22.5 Å². The molecule has 1 aromatic heterocycles. The van der Waals surface area contributed by atoms with Gasteiger partial charge in [-0.2, -0.15) is 5.10 Å². The lowest BCUT2D eigenvalue weighted by atomic mass is 10.2. The molecule has 0 saturated carbocycles. The number of carbonyl (C=O) groups is 1. The quantitative estimate of drug-likeness (QED) is 0.482. The van der Waals surface area contributed by atoms with Gasteiger partial charge < -0.3 is 5.32 Å². The fraction of sp³-hybridized carbons (Fsp3) is 0.190. The van der Waals surface area contributed by atoms with E-state index >= 15 is 0 Å². The van der Waals surface area contributed by atoms with Crippen LogP contribution >= 0.6 is 11.8 Å². The van der Waals surface area contributed by atoms with Gasteiger partial charge in [-0.05, 0) is 35.9 Å². The minimum absolute atomic E-state index is 0.227. The zero-order valence-corrected chi connectivity index (χ0v) is 15.7. The predicted octanol–water partition coefficient (Wildman–Crippen LogP) is 3.20. The number of hydrogen-bond acceptors (Lipinski definition) is 4. The number of benzene rings is 2. The molecule has 0 bridgehead atoms. The molecule has 0 unspecified atom stereocenters. The molecule has 6 heteroatoms.